The van der Waals surface area contributed by atoms with Gasteiger partial charge in [-0.1, -0.05) is 166 Å². The molecule has 0 fully saturated rings. The summed E-state index contributed by atoms with van der Waals surface area (Å²) in [5.74, 6) is 1.24. The van der Waals surface area contributed by atoms with E-state index in [1.165, 1.54) is 157 Å². The fourth-order valence-electron chi connectivity index (χ4n) is 6.96. The normalized spacial score (nSPS) is 11.3. The number of rotatable bonds is 28. The molecule has 0 aromatic heterocycles. The maximum Gasteiger partial charge on any atom is 2.00 e. The SMILES string of the molecule is CCCCCCCCCCCCc1cccc(O)c1Oc1ccc(S(=O)(=O)O)cc1.CCCCCCCCCCCCc1cccc([O-])c1Oc1ccc(S(=O)(=O)[O-])cc1.[Ca+2]. The first-order chi connectivity index (χ1) is 28.8. The van der Waals surface area contributed by atoms with Crippen LogP contribution in [0.15, 0.2) is 94.7 Å². The molecule has 0 heterocycles. The van der Waals surface area contributed by atoms with Crippen LogP contribution in [0.3, 0.4) is 0 Å². The molecule has 0 unspecified atom stereocenters. The van der Waals surface area contributed by atoms with Crippen molar-refractivity contribution < 1.29 is 45.6 Å². The third-order valence-corrected chi connectivity index (χ3v) is 12.1. The molecule has 61 heavy (non-hydrogen) atoms. The van der Waals surface area contributed by atoms with Gasteiger partial charge in [0.2, 0.25) is 0 Å². The Morgan fingerprint density at radius 1 is 0.492 bits per heavy atom. The molecule has 0 saturated heterocycles. The van der Waals surface area contributed by atoms with E-state index in [1.54, 1.807) is 18.2 Å². The molecule has 0 atom stereocenters. The third kappa shape index (κ3) is 21.9. The van der Waals surface area contributed by atoms with E-state index in [1.807, 2.05) is 12.1 Å². The van der Waals surface area contributed by atoms with Gasteiger partial charge in [-0.15, -0.1) is 0 Å². The smallest absolute Gasteiger partial charge is 0.870 e. The summed E-state index contributed by atoms with van der Waals surface area (Å²) in [4.78, 5) is -0.520. The van der Waals surface area contributed by atoms with E-state index in [9.17, 15) is 31.6 Å². The number of ether oxygens (including phenoxy) is 2. The first kappa shape index (κ1) is 54.3. The van der Waals surface area contributed by atoms with Crippen LogP contribution in [-0.2, 0) is 33.1 Å². The molecule has 4 rings (SSSR count). The monoisotopic (exact) mass is 906 g/mol. The van der Waals surface area contributed by atoms with Crippen molar-refractivity contribution in [1.82, 2.24) is 0 Å². The molecule has 0 radical (unpaired) electrons. The van der Waals surface area contributed by atoms with Gasteiger partial charge in [-0.25, -0.2) is 8.42 Å². The zero-order valence-corrected chi connectivity index (χ0v) is 40.2. The third-order valence-electron chi connectivity index (χ3n) is 10.4. The predicted molar refractivity (Wildman–Crippen MR) is 242 cm³/mol. The summed E-state index contributed by atoms with van der Waals surface area (Å²) >= 11 is 0. The first-order valence-corrected chi connectivity index (χ1v) is 24.8. The average Bonchev–Trinajstić information content (AvgIpc) is 3.21. The molecule has 0 aliphatic heterocycles. The minimum atomic E-state index is -4.50. The fraction of sp³-hybridized carbons (Fsp3) is 0.500. The Balaban J connectivity index is 0.000000413. The second-order valence-corrected chi connectivity index (χ2v) is 18.3. The van der Waals surface area contributed by atoms with Gasteiger partial charge < -0.3 is 24.2 Å². The van der Waals surface area contributed by atoms with Crippen LogP contribution in [0.5, 0.6) is 34.5 Å². The number of aromatic hydroxyl groups is 1. The number of para-hydroxylation sites is 2. The van der Waals surface area contributed by atoms with Crippen LogP contribution < -0.4 is 14.6 Å². The van der Waals surface area contributed by atoms with E-state index in [2.05, 4.69) is 13.8 Å². The number of hydrogen-bond acceptors (Lipinski definition) is 9. The topological polar surface area (TPSA) is 173 Å². The van der Waals surface area contributed by atoms with E-state index in [0.29, 0.717) is 17.2 Å². The molecule has 4 aromatic carbocycles. The molecule has 2 N–H and O–H groups in total. The summed E-state index contributed by atoms with van der Waals surface area (Å²) in [7, 11) is -8.75. The van der Waals surface area contributed by atoms with Crippen LogP contribution in [0.4, 0.5) is 0 Å². The fourth-order valence-corrected chi connectivity index (χ4v) is 7.90. The summed E-state index contributed by atoms with van der Waals surface area (Å²) in [5, 5.41) is 22.5. The van der Waals surface area contributed by atoms with Crippen molar-refractivity contribution in [2.24, 2.45) is 0 Å². The quantitative estimate of drug-likeness (QED) is 0.0317. The number of phenols is 1. The van der Waals surface area contributed by atoms with Crippen molar-refractivity contribution in [2.75, 3.05) is 0 Å². The Labute approximate surface area is 396 Å². The molecule has 10 nitrogen and oxygen atoms in total. The zero-order valence-electron chi connectivity index (χ0n) is 36.3. The predicted octanol–water partition coefficient (Wildman–Crippen LogP) is 12.4. The Hall–Kier alpha value is -2.84. The van der Waals surface area contributed by atoms with E-state index >= 15 is 0 Å². The average molecular weight is 907 g/mol. The molecule has 0 amide bonds. The second-order valence-electron chi connectivity index (χ2n) is 15.4. The largest absolute Gasteiger partial charge is 2.00 e. The molecule has 0 aliphatic rings. The summed E-state index contributed by atoms with van der Waals surface area (Å²) < 4.78 is 76.1. The van der Waals surface area contributed by atoms with Crippen molar-refractivity contribution in [2.45, 2.75) is 165 Å². The Bertz CT molecular complexity index is 1870. The summed E-state index contributed by atoms with van der Waals surface area (Å²) in [6, 6.07) is 21.0. The van der Waals surface area contributed by atoms with Crippen molar-refractivity contribution in [1.29, 1.82) is 0 Å². The van der Waals surface area contributed by atoms with Gasteiger partial charge in [-0.2, -0.15) is 8.42 Å². The minimum absolute atomic E-state index is 0. The van der Waals surface area contributed by atoms with E-state index in [4.69, 9.17) is 14.0 Å². The van der Waals surface area contributed by atoms with Crippen LogP contribution in [0.1, 0.15) is 153 Å². The maximum atomic E-state index is 12.3. The number of hydrogen-bond donors (Lipinski definition) is 2. The summed E-state index contributed by atoms with van der Waals surface area (Å²) in [6.45, 7) is 4.47. The van der Waals surface area contributed by atoms with E-state index in [0.717, 1.165) is 49.7 Å². The van der Waals surface area contributed by atoms with E-state index in [-0.39, 0.29) is 64.8 Å². The number of unbranched alkanes of at least 4 members (excludes halogenated alkanes) is 18. The van der Waals surface area contributed by atoms with Crippen LogP contribution in [-0.4, -0.2) is 68.8 Å². The van der Waals surface area contributed by atoms with Gasteiger partial charge in [0.15, 0.2) is 11.5 Å². The second kappa shape index (κ2) is 30.3. The van der Waals surface area contributed by atoms with Crippen LogP contribution in [0.25, 0.3) is 0 Å². The number of aryl methyl sites for hydroxylation is 2. The maximum absolute atomic E-state index is 12.3. The molecule has 0 bridgehead atoms. The van der Waals surface area contributed by atoms with E-state index < -0.39 is 20.2 Å². The van der Waals surface area contributed by atoms with Gasteiger partial charge >= 0.3 is 37.7 Å². The van der Waals surface area contributed by atoms with Gasteiger partial charge in [-0.05, 0) is 91.4 Å². The van der Waals surface area contributed by atoms with Crippen molar-refractivity contribution in [3.63, 3.8) is 0 Å². The Morgan fingerprint density at radius 2 is 0.852 bits per heavy atom. The molecular weight excluding hydrogens is 841 g/mol. The summed E-state index contributed by atoms with van der Waals surface area (Å²) in [5.41, 5.74) is 1.77. The minimum Gasteiger partial charge on any atom is -0.870 e. The standard InChI is InChI=1S/2C24H34O5S.Ca/c2*1-2-3-4-5-6-7-8-9-10-11-13-20-14-12-15-23(25)24(20)29-21-16-18-22(19-17-21)30(26,27)28;/h2*12,14-19,25H,2-11,13H2,1H3,(H,26,27,28);/q;;+2/p-2. The molecule has 0 spiro atoms. The molecule has 0 saturated carbocycles. The van der Waals surface area contributed by atoms with Gasteiger partial charge in [0.05, 0.1) is 9.79 Å². The molecular formula is C48H66CaO10S2. The summed E-state index contributed by atoms with van der Waals surface area (Å²) in [6.07, 6.45) is 26.7. The molecule has 0 aliphatic carbocycles. The van der Waals surface area contributed by atoms with Crippen molar-refractivity contribution >= 4 is 58.0 Å². The van der Waals surface area contributed by atoms with Crippen LogP contribution in [0, 0.1) is 0 Å². The van der Waals surface area contributed by atoms with Crippen LogP contribution in [0.2, 0.25) is 0 Å². The van der Waals surface area contributed by atoms with Gasteiger partial charge in [0.25, 0.3) is 10.1 Å². The Morgan fingerprint density at radius 3 is 1.26 bits per heavy atom. The Kier molecular flexibility index (Phi) is 27.0. The molecule has 13 heteroatoms. The molecule has 4 aromatic rings. The van der Waals surface area contributed by atoms with Crippen molar-refractivity contribution in [3.8, 4) is 34.5 Å². The van der Waals surface area contributed by atoms with Gasteiger partial charge in [0.1, 0.15) is 27.4 Å². The van der Waals surface area contributed by atoms with Crippen LogP contribution >= 0.6 is 0 Å². The van der Waals surface area contributed by atoms with Crippen molar-refractivity contribution in [3.05, 3.63) is 96.1 Å². The van der Waals surface area contributed by atoms with Gasteiger partial charge in [0, 0.05) is 0 Å². The first-order valence-electron chi connectivity index (χ1n) is 21.9. The molecule has 332 valence electrons. The number of benzene rings is 4. The van der Waals surface area contributed by atoms with Gasteiger partial charge in [-0.3, -0.25) is 4.55 Å². The number of phenolic OH excluding ortho intramolecular Hbond substituents is 1. The zero-order chi connectivity index (χ0) is 43.6.